The fourth-order valence-corrected chi connectivity index (χ4v) is 2.36. The van der Waals surface area contributed by atoms with Crippen LogP contribution in [-0.4, -0.2) is 6.54 Å². The molecule has 94 valence electrons. The van der Waals surface area contributed by atoms with Gasteiger partial charge in [0.15, 0.2) is 0 Å². The third-order valence-electron chi connectivity index (χ3n) is 3.00. The average molecular weight is 280 g/mol. The fraction of sp³-hybridized carbons (Fsp3) is 0.200. The molecular weight excluding hydrogens is 265 g/mol. The molecule has 0 saturated heterocycles. The molecule has 0 heterocycles. The van der Waals surface area contributed by atoms with Crippen LogP contribution in [0.1, 0.15) is 17.0 Å². The van der Waals surface area contributed by atoms with Crippen LogP contribution in [0.3, 0.4) is 0 Å². The lowest BCUT2D eigenvalue weighted by atomic mass is 9.92. The molecular formula is C15H15Cl2N. The summed E-state index contributed by atoms with van der Waals surface area (Å²) in [6.45, 7) is 0.605. The van der Waals surface area contributed by atoms with Crippen LogP contribution in [-0.2, 0) is 6.42 Å². The Hall–Kier alpha value is -1.02. The van der Waals surface area contributed by atoms with Crippen LogP contribution in [0.5, 0.6) is 0 Å². The van der Waals surface area contributed by atoms with E-state index < -0.39 is 0 Å². The van der Waals surface area contributed by atoms with Crippen molar-refractivity contribution in [1.29, 1.82) is 0 Å². The molecule has 1 atom stereocenters. The molecule has 3 heteroatoms. The first kappa shape index (κ1) is 13.4. The topological polar surface area (TPSA) is 26.0 Å². The molecule has 18 heavy (non-hydrogen) atoms. The summed E-state index contributed by atoms with van der Waals surface area (Å²) in [6.07, 6.45) is 0.888. The third kappa shape index (κ3) is 3.49. The molecule has 2 N–H and O–H groups in total. The normalized spacial score (nSPS) is 12.4. The second-order valence-electron chi connectivity index (χ2n) is 4.32. The first-order valence-electron chi connectivity index (χ1n) is 5.89. The largest absolute Gasteiger partial charge is 0.330 e. The van der Waals surface area contributed by atoms with E-state index >= 15 is 0 Å². The van der Waals surface area contributed by atoms with Crippen LogP contribution in [0.4, 0.5) is 0 Å². The maximum Gasteiger partial charge on any atom is 0.0408 e. The highest BCUT2D eigenvalue weighted by Crippen LogP contribution is 2.23. The molecule has 0 aliphatic heterocycles. The summed E-state index contributed by atoms with van der Waals surface area (Å²) >= 11 is 11.9. The molecule has 0 aliphatic rings. The van der Waals surface area contributed by atoms with Crippen LogP contribution in [0.2, 0.25) is 10.0 Å². The minimum atomic E-state index is 0.292. The van der Waals surface area contributed by atoms with E-state index in [4.69, 9.17) is 28.9 Å². The van der Waals surface area contributed by atoms with Crippen LogP contribution >= 0.6 is 23.2 Å². The van der Waals surface area contributed by atoms with Gasteiger partial charge < -0.3 is 5.73 Å². The first-order chi connectivity index (χ1) is 8.69. The van der Waals surface area contributed by atoms with Gasteiger partial charge in [0.1, 0.15) is 0 Å². The second kappa shape index (κ2) is 6.24. The van der Waals surface area contributed by atoms with Crippen molar-refractivity contribution in [2.24, 2.45) is 5.73 Å². The van der Waals surface area contributed by atoms with Crippen molar-refractivity contribution in [2.45, 2.75) is 12.3 Å². The van der Waals surface area contributed by atoms with Crippen LogP contribution in [0.15, 0.2) is 48.5 Å². The van der Waals surface area contributed by atoms with E-state index in [9.17, 15) is 0 Å². The van der Waals surface area contributed by atoms with Gasteiger partial charge in [-0.1, -0.05) is 47.5 Å². The molecule has 0 aliphatic carbocycles. The maximum absolute atomic E-state index is 5.99. The van der Waals surface area contributed by atoms with Gasteiger partial charge in [0, 0.05) is 16.0 Å². The number of halogens is 2. The van der Waals surface area contributed by atoms with Crippen LogP contribution in [0.25, 0.3) is 0 Å². The first-order valence-corrected chi connectivity index (χ1v) is 6.64. The van der Waals surface area contributed by atoms with Gasteiger partial charge in [-0.2, -0.15) is 0 Å². The SMILES string of the molecule is NCC(Cc1cccc(Cl)c1)c1ccc(Cl)cc1. The predicted molar refractivity (Wildman–Crippen MR) is 78.4 cm³/mol. The summed E-state index contributed by atoms with van der Waals surface area (Å²) in [4.78, 5) is 0. The molecule has 2 aromatic rings. The minimum Gasteiger partial charge on any atom is -0.330 e. The van der Waals surface area contributed by atoms with Gasteiger partial charge in [-0.3, -0.25) is 0 Å². The Kier molecular flexibility index (Phi) is 4.65. The van der Waals surface area contributed by atoms with Crippen molar-refractivity contribution in [3.63, 3.8) is 0 Å². The van der Waals surface area contributed by atoms with Gasteiger partial charge in [0.25, 0.3) is 0 Å². The number of rotatable bonds is 4. The lowest BCUT2D eigenvalue weighted by Crippen LogP contribution is -2.15. The van der Waals surface area contributed by atoms with Crippen molar-refractivity contribution < 1.29 is 0 Å². The summed E-state index contributed by atoms with van der Waals surface area (Å²) in [7, 11) is 0. The summed E-state index contributed by atoms with van der Waals surface area (Å²) in [5, 5.41) is 1.51. The molecule has 0 aromatic heterocycles. The molecule has 0 spiro atoms. The minimum absolute atomic E-state index is 0.292. The van der Waals surface area contributed by atoms with Crippen molar-refractivity contribution in [3.05, 3.63) is 69.7 Å². The Balaban J connectivity index is 2.17. The molecule has 0 saturated carbocycles. The summed E-state index contributed by atoms with van der Waals surface area (Å²) < 4.78 is 0. The van der Waals surface area contributed by atoms with E-state index in [0.717, 1.165) is 16.5 Å². The fourth-order valence-electron chi connectivity index (χ4n) is 2.02. The highest BCUT2D eigenvalue weighted by atomic mass is 35.5. The zero-order valence-corrected chi connectivity index (χ0v) is 11.5. The Morgan fingerprint density at radius 1 is 0.944 bits per heavy atom. The molecule has 2 rings (SSSR count). The standard InChI is InChI=1S/C15H15Cl2N/c16-14-6-4-12(5-7-14)13(10-18)8-11-2-1-3-15(17)9-11/h1-7,9,13H,8,10,18H2. The summed E-state index contributed by atoms with van der Waals surface area (Å²) in [5.41, 5.74) is 8.27. The van der Waals surface area contributed by atoms with E-state index in [2.05, 4.69) is 6.07 Å². The van der Waals surface area contributed by atoms with Crippen molar-refractivity contribution in [3.8, 4) is 0 Å². The van der Waals surface area contributed by atoms with Crippen LogP contribution in [0, 0.1) is 0 Å². The van der Waals surface area contributed by atoms with E-state index in [1.54, 1.807) is 0 Å². The smallest absolute Gasteiger partial charge is 0.0408 e. The number of hydrogen-bond donors (Lipinski definition) is 1. The molecule has 0 fully saturated rings. The Labute approximate surface area is 118 Å². The van der Waals surface area contributed by atoms with Crippen molar-refractivity contribution >= 4 is 23.2 Å². The Bertz CT molecular complexity index is 508. The van der Waals surface area contributed by atoms with E-state index in [1.165, 1.54) is 11.1 Å². The van der Waals surface area contributed by atoms with E-state index in [0.29, 0.717) is 12.5 Å². The van der Waals surface area contributed by atoms with Gasteiger partial charge in [0.05, 0.1) is 0 Å². The van der Waals surface area contributed by atoms with Gasteiger partial charge in [0.2, 0.25) is 0 Å². The molecule has 1 nitrogen and oxygen atoms in total. The zero-order chi connectivity index (χ0) is 13.0. The van der Waals surface area contributed by atoms with E-state index in [-0.39, 0.29) is 0 Å². The number of nitrogens with two attached hydrogens (primary N) is 1. The lowest BCUT2D eigenvalue weighted by molar-refractivity contribution is 0.694. The monoisotopic (exact) mass is 279 g/mol. The molecule has 2 aromatic carbocycles. The van der Waals surface area contributed by atoms with Gasteiger partial charge in [-0.05, 0) is 48.4 Å². The Morgan fingerprint density at radius 2 is 1.67 bits per heavy atom. The predicted octanol–water partition coefficient (Wildman–Crippen LogP) is 4.28. The van der Waals surface area contributed by atoms with Crippen molar-refractivity contribution in [2.75, 3.05) is 6.54 Å². The second-order valence-corrected chi connectivity index (χ2v) is 5.19. The lowest BCUT2D eigenvalue weighted by Gasteiger charge is -2.15. The summed E-state index contributed by atoms with van der Waals surface area (Å²) in [5.74, 6) is 0.292. The highest BCUT2D eigenvalue weighted by molar-refractivity contribution is 6.30. The quantitative estimate of drug-likeness (QED) is 0.888. The number of benzene rings is 2. The molecule has 0 amide bonds. The number of hydrogen-bond acceptors (Lipinski definition) is 1. The molecule has 0 bridgehead atoms. The highest BCUT2D eigenvalue weighted by Gasteiger charge is 2.10. The van der Waals surface area contributed by atoms with E-state index in [1.807, 2.05) is 42.5 Å². The van der Waals surface area contributed by atoms with Gasteiger partial charge in [-0.15, -0.1) is 0 Å². The molecule has 0 radical (unpaired) electrons. The zero-order valence-electron chi connectivity index (χ0n) is 9.94. The van der Waals surface area contributed by atoms with Gasteiger partial charge in [-0.25, -0.2) is 0 Å². The Morgan fingerprint density at radius 3 is 2.28 bits per heavy atom. The summed E-state index contributed by atoms with van der Waals surface area (Å²) in [6, 6.07) is 15.8. The average Bonchev–Trinajstić information content (AvgIpc) is 2.37. The maximum atomic E-state index is 5.99. The molecule has 1 unspecified atom stereocenters. The third-order valence-corrected chi connectivity index (χ3v) is 3.48. The van der Waals surface area contributed by atoms with Crippen LogP contribution < -0.4 is 5.73 Å². The van der Waals surface area contributed by atoms with Gasteiger partial charge >= 0.3 is 0 Å². The van der Waals surface area contributed by atoms with Crippen molar-refractivity contribution in [1.82, 2.24) is 0 Å².